The summed E-state index contributed by atoms with van der Waals surface area (Å²) < 4.78 is 6.52. The van der Waals surface area contributed by atoms with Crippen LogP contribution in [0.5, 0.6) is 5.75 Å². The van der Waals surface area contributed by atoms with Crippen LogP contribution in [-0.4, -0.2) is 34.3 Å². The van der Waals surface area contributed by atoms with Crippen molar-refractivity contribution in [1.29, 1.82) is 0 Å². The van der Waals surface area contributed by atoms with Crippen molar-refractivity contribution in [1.82, 2.24) is 20.1 Å². The smallest absolute Gasteiger partial charge is 0.266 e. The van der Waals surface area contributed by atoms with Crippen LogP contribution in [0.1, 0.15) is 21.1 Å². The largest absolute Gasteiger partial charge is 0.496 e. The highest BCUT2D eigenvalue weighted by atomic mass is 35.5. The van der Waals surface area contributed by atoms with Gasteiger partial charge in [0.25, 0.3) is 11.5 Å². The van der Waals surface area contributed by atoms with Gasteiger partial charge in [0.2, 0.25) is 0 Å². The van der Waals surface area contributed by atoms with Crippen molar-refractivity contribution in [3.8, 4) is 16.3 Å². The SMILES string of the molecule is COc1ccc(Cl)cc1C(=O)NCCn1nc(-c2sc(C)nc2C)ccc1=O. The zero-order valence-electron chi connectivity index (χ0n) is 15.7. The van der Waals surface area contributed by atoms with Crippen molar-refractivity contribution >= 4 is 28.8 Å². The van der Waals surface area contributed by atoms with E-state index in [2.05, 4.69) is 15.4 Å². The molecule has 0 atom stereocenters. The van der Waals surface area contributed by atoms with Gasteiger partial charge in [0.05, 0.1) is 34.8 Å². The molecule has 0 fully saturated rings. The van der Waals surface area contributed by atoms with E-state index in [1.807, 2.05) is 13.8 Å². The summed E-state index contributed by atoms with van der Waals surface area (Å²) in [5.74, 6) is 0.0905. The third-order valence-corrected chi connectivity index (χ3v) is 5.35. The van der Waals surface area contributed by atoms with Gasteiger partial charge in [0.1, 0.15) is 11.4 Å². The Bertz CT molecular complexity index is 1080. The summed E-state index contributed by atoms with van der Waals surface area (Å²) in [5.41, 5.74) is 1.66. The van der Waals surface area contributed by atoms with Crippen molar-refractivity contribution in [3.05, 3.63) is 62.0 Å². The quantitative estimate of drug-likeness (QED) is 0.664. The number of nitrogens with one attached hydrogen (secondary N) is 1. The minimum atomic E-state index is -0.336. The van der Waals surface area contributed by atoms with E-state index in [9.17, 15) is 9.59 Å². The molecule has 1 aromatic carbocycles. The molecule has 2 aromatic heterocycles. The lowest BCUT2D eigenvalue weighted by molar-refractivity contribution is 0.0948. The summed E-state index contributed by atoms with van der Waals surface area (Å²) in [7, 11) is 1.48. The molecule has 0 unspecified atom stereocenters. The number of aryl methyl sites for hydroxylation is 2. The zero-order chi connectivity index (χ0) is 20.3. The fourth-order valence-electron chi connectivity index (χ4n) is 2.73. The van der Waals surface area contributed by atoms with Gasteiger partial charge in [-0.15, -0.1) is 11.3 Å². The number of rotatable bonds is 6. The first kappa shape index (κ1) is 20.0. The number of hydrogen-bond acceptors (Lipinski definition) is 6. The molecule has 1 amide bonds. The highest BCUT2D eigenvalue weighted by Gasteiger charge is 2.14. The Labute approximate surface area is 171 Å². The summed E-state index contributed by atoms with van der Waals surface area (Å²) in [6.45, 7) is 4.30. The number of methoxy groups -OCH3 is 1. The first-order valence-corrected chi connectivity index (χ1v) is 9.73. The summed E-state index contributed by atoms with van der Waals surface area (Å²) in [6.07, 6.45) is 0. The summed E-state index contributed by atoms with van der Waals surface area (Å²) in [5, 5.41) is 8.55. The number of carbonyl (C=O) groups is 1. The molecule has 0 aliphatic carbocycles. The third kappa shape index (κ3) is 4.40. The normalized spacial score (nSPS) is 10.7. The molecule has 0 aliphatic rings. The van der Waals surface area contributed by atoms with E-state index in [4.69, 9.17) is 16.3 Å². The average molecular weight is 419 g/mol. The highest BCUT2D eigenvalue weighted by Crippen LogP contribution is 2.27. The van der Waals surface area contributed by atoms with Gasteiger partial charge in [-0.3, -0.25) is 9.59 Å². The van der Waals surface area contributed by atoms with Gasteiger partial charge in [-0.1, -0.05) is 11.6 Å². The van der Waals surface area contributed by atoms with Crippen LogP contribution in [0, 0.1) is 13.8 Å². The van der Waals surface area contributed by atoms with Gasteiger partial charge in [-0.25, -0.2) is 9.67 Å². The highest BCUT2D eigenvalue weighted by molar-refractivity contribution is 7.15. The Morgan fingerprint density at radius 2 is 2.07 bits per heavy atom. The van der Waals surface area contributed by atoms with Crippen molar-refractivity contribution < 1.29 is 9.53 Å². The van der Waals surface area contributed by atoms with Crippen LogP contribution >= 0.6 is 22.9 Å². The van der Waals surface area contributed by atoms with Crippen LogP contribution in [0.2, 0.25) is 5.02 Å². The second-order valence-electron chi connectivity index (χ2n) is 6.03. The Morgan fingerprint density at radius 1 is 1.29 bits per heavy atom. The predicted octanol–water partition coefficient (Wildman–Crippen LogP) is 3.08. The maximum atomic E-state index is 12.4. The first-order chi connectivity index (χ1) is 13.4. The molecule has 0 radical (unpaired) electrons. The van der Waals surface area contributed by atoms with Crippen molar-refractivity contribution in [2.75, 3.05) is 13.7 Å². The second-order valence-corrected chi connectivity index (χ2v) is 7.67. The minimum absolute atomic E-state index is 0.228. The number of amides is 1. The van der Waals surface area contributed by atoms with Crippen LogP contribution in [0.25, 0.3) is 10.6 Å². The van der Waals surface area contributed by atoms with Gasteiger partial charge in [-0.2, -0.15) is 5.10 Å². The lowest BCUT2D eigenvalue weighted by Crippen LogP contribution is -2.32. The molecule has 9 heteroatoms. The van der Waals surface area contributed by atoms with Crippen molar-refractivity contribution in [2.45, 2.75) is 20.4 Å². The Balaban J connectivity index is 1.72. The maximum absolute atomic E-state index is 12.4. The molecule has 0 bridgehead atoms. The van der Waals surface area contributed by atoms with Crippen molar-refractivity contribution in [3.63, 3.8) is 0 Å². The molecular weight excluding hydrogens is 400 g/mol. The Hall–Kier alpha value is -2.71. The van der Waals surface area contributed by atoms with E-state index in [1.165, 1.54) is 35.3 Å². The summed E-state index contributed by atoms with van der Waals surface area (Å²) in [4.78, 5) is 29.9. The number of carbonyl (C=O) groups excluding carboxylic acids is 1. The molecule has 146 valence electrons. The van der Waals surface area contributed by atoms with Crippen LogP contribution in [0.15, 0.2) is 35.1 Å². The van der Waals surface area contributed by atoms with Gasteiger partial charge in [0, 0.05) is 17.6 Å². The van der Waals surface area contributed by atoms with E-state index in [0.717, 1.165) is 15.6 Å². The fourth-order valence-corrected chi connectivity index (χ4v) is 3.78. The predicted molar refractivity (Wildman–Crippen MR) is 109 cm³/mol. The molecular formula is C19H19ClN4O3S. The number of aromatic nitrogens is 3. The van der Waals surface area contributed by atoms with Crippen LogP contribution in [0.4, 0.5) is 0 Å². The fraction of sp³-hybridized carbons (Fsp3) is 0.263. The number of hydrogen-bond donors (Lipinski definition) is 1. The van der Waals surface area contributed by atoms with Crippen LogP contribution in [0.3, 0.4) is 0 Å². The van der Waals surface area contributed by atoms with E-state index in [1.54, 1.807) is 18.2 Å². The molecule has 0 aliphatic heterocycles. The number of benzene rings is 1. The standard InChI is InChI=1S/C19H19ClN4O3S/c1-11-18(28-12(2)22-11)15-5-7-17(25)24(23-15)9-8-21-19(26)14-10-13(20)4-6-16(14)27-3/h4-7,10H,8-9H2,1-3H3,(H,21,26). The van der Waals surface area contributed by atoms with Gasteiger partial charge in [0.15, 0.2) is 0 Å². The van der Waals surface area contributed by atoms with Gasteiger partial charge < -0.3 is 10.1 Å². The van der Waals surface area contributed by atoms with Crippen LogP contribution in [-0.2, 0) is 6.54 Å². The molecule has 2 heterocycles. The Morgan fingerprint density at radius 3 is 2.75 bits per heavy atom. The maximum Gasteiger partial charge on any atom is 0.266 e. The first-order valence-electron chi connectivity index (χ1n) is 8.53. The average Bonchev–Trinajstić information content (AvgIpc) is 3.01. The number of nitrogens with zero attached hydrogens (tertiary/aromatic N) is 3. The number of ether oxygens (including phenoxy) is 1. The number of halogens is 1. The molecule has 3 aromatic rings. The van der Waals surface area contributed by atoms with E-state index < -0.39 is 0 Å². The lowest BCUT2D eigenvalue weighted by atomic mass is 10.2. The molecule has 7 nitrogen and oxygen atoms in total. The Kier molecular flexibility index (Phi) is 6.11. The molecule has 3 rings (SSSR count). The molecule has 1 N–H and O–H groups in total. The number of thiazole rings is 1. The molecule has 0 spiro atoms. The summed E-state index contributed by atoms with van der Waals surface area (Å²) >= 11 is 7.49. The van der Waals surface area contributed by atoms with Crippen LogP contribution < -0.4 is 15.6 Å². The van der Waals surface area contributed by atoms with Crippen molar-refractivity contribution in [2.24, 2.45) is 0 Å². The molecule has 0 saturated carbocycles. The van der Waals surface area contributed by atoms with E-state index in [0.29, 0.717) is 22.0 Å². The second kappa shape index (κ2) is 8.53. The minimum Gasteiger partial charge on any atom is -0.496 e. The molecule has 0 saturated heterocycles. The summed E-state index contributed by atoms with van der Waals surface area (Å²) in [6, 6.07) is 7.98. The monoisotopic (exact) mass is 418 g/mol. The zero-order valence-corrected chi connectivity index (χ0v) is 17.2. The van der Waals surface area contributed by atoms with E-state index in [-0.39, 0.29) is 24.6 Å². The molecule has 28 heavy (non-hydrogen) atoms. The lowest BCUT2D eigenvalue weighted by Gasteiger charge is -2.11. The van der Waals surface area contributed by atoms with E-state index >= 15 is 0 Å². The third-order valence-electron chi connectivity index (χ3n) is 4.02. The van der Waals surface area contributed by atoms with Gasteiger partial charge >= 0.3 is 0 Å². The van der Waals surface area contributed by atoms with Gasteiger partial charge in [-0.05, 0) is 38.1 Å². The topological polar surface area (TPSA) is 86.1 Å².